The van der Waals surface area contributed by atoms with Crippen molar-refractivity contribution in [1.82, 2.24) is 10.2 Å². The average molecular weight is 479 g/mol. The van der Waals surface area contributed by atoms with Crippen LogP contribution in [0.15, 0.2) is 48.0 Å². The number of hydrogen-bond acceptors (Lipinski definition) is 8. The van der Waals surface area contributed by atoms with Crippen molar-refractivity contribution in [2.75, 3.05) is 25.6 Å². The number of benzene rings is 2. The number of amides is 1. The van der Waals surface area contributed by atoms with Crippen LogP contribution in [0.3, 0.4) is 0 Å². The highest BCUT2D eigenvalue weighted by Gasteiger charge is 2.14. The van der Waals surface area contributed by atoms with Gasteiger partial charge in [0, 0.05) is 6.42 Å². The zero-order valence-electron chi connectivity index (χ0n) is 19.3. The van der Waals surface area contributed by atoms with E-state index >= 15 is 0 Å². The molecular formula is C25H26N4O4S. The number of carbonyl (C=O) groups is 1. The quantitative estimate of drug-likeness (QED) is 0.239. The Labute approximate surface area is 202 Å². The second-order valence-corrected chi connectivity index (χ2v) is 8.36. The lowest BCUT2D eigenvalue weighted by Crippen LogP contribution is -2.13. The number of hydrogen-bond donors (Lipinski definition) is 1. The Hall–Kier alpha value is -3.90. The van der Waals surface area contributed by atoms with Crippen LogP contribution in [0.4, 0.5) is 5.13 Å². The number of rotatable bonds is 11. The minimum absolute atomic E-state index is 0.0607. The van der Waals surface area contributed by atoms with Crippen molar-refractivity contribution in [2.24, 2.45) is 0 Å². The summed E-state index contributed by atoms with van der Waals surface area (Å²) in [5.74, 6) is 1.25. The van der Waals surface area contributed by atoms with Crippen molar-refractivity contribution in [3.63, 3.8) is 0 Å². The zero-order chi connectivity index (χ0) is 24.3. The molecule has 0 aliphatic rings. The smallest absolute Gasteiger partial charge is 0.268 e. The van der Waals surface area contributed by atoms with Crippen LogP contribution in [0.2, 0.25) is 0 Å². The molecule has 1 amide bonds. The maximum Gasteiger partial charge on any atom is 0.268 e. The van der Waals surface area contributed by atoms with Gasteiger partial charge in [-0.25, -0.2) is 0 Å². The summed E-state index contributed by atoms with van der Waals surface area (Å²) in [5, 5.41) is 21.3. The second-order valence-electron chi connectivity index (χ2n) is 7.30. The van der Waals surface area contributed by atoms with Gasteiger partial charge in [-0.1, -0.05) is 42.0 Å². The first kappa shape index (κ1) is 24.7. The summed E-state index contributed by atoms with van der Waals surface area (Å²) < 4.78 is 16.9. The Morgan fingerprint density at radius 3 is 2.59 bits per heavy atom. The lowest BCUT2D eigenvalue weighted by atomic mass is 10.1. The van der Waals surface area contributed by atoms with Gasteiger partial charge in [0.25, 0.3) is 5.91 Å². The third-order valence-electron chi connectivity index (χ3n) is 4.65. The standard InChI is InChI=1S/C25H26N4O4S/c1-4-5-23-28-29-25(34-23)27-24(30)19(16-26)14-18-8-11-21(22(15-18)31-3)33-13-12-32-20-9-6-17(2)7-10-20/h6-11,14-15H,4-5,12-13H2,1-3H3,(H,27,29,30)/b19-14-. The normalized spacial score (nSPS) is 10.9. The van der Waals surface area contributed by atoms with E-state index in [9.17, 15) is 10.1 Å². The van der Waals surface area contributed by atoms with Crippen LogP contribution >= 0.6 is 11.3 Å². The maximum atomic E-state index is 12.5. The number of nitriles is 1. The molecule has 3 aromatic rings. The molecule has 0 radical (unpaired) electrons. The molecule has 0 aliphatic heterocycles. The topological polar surface area (TPSA) is 106 Å². The largest absolute Gasteiger partial charge is 0.493 e. The summed E-state index contributed by atoms with van der Waals surface area (Å²) in [6.07, 6.45) is 3.21. The highest BCUT2D eigenvalue weighted by Crippen LogP contribution is 2.29. The van der Waals surface area contributed by atoms with Gasteiger partial charge in [-0.2, -0.15) is 5.26 Å². The molecule has 1 N–H and O–H groups in total. The second kappa shape index (κ2) is 12.4. The van der Waals surface area contributed by atoms with Gasteiger partial charge in [0.05, 0.1) is 7.11 Å². The number of aryl methyl sites for hydroxylation is 2. The van der Waals surface area contributed by atoms with Gasteiger partial charge in [-0.3, -0.25) is 10.1 Å². The van der Waals surface area contributed by atoms with Gasteiger partial charge >= 0.3 is 0 Å². The number of nitrogens with zero attached hydrogens (tertiary/aromatic N) is 3. The lowest BCUT2D eigenvalue weighted by molar-refractivity contribution is -0.112. The minimum Gasteiger partial charge on any atom is -0.493 e. The van der Waals surface area contributed by atoms with Crippen molar-refractivity contribution in [3.05, 3.63) is 64.2 Å². The van der Waals surface area contributed by atoms with Crippen LogP contribution < -0.4 is 19.5 Å². The first-order valence-electron chi connectivity index (χ1n) is 10.8. The monoisotopic (exact) mass is 478 g/mol. The van der Waals surface area contributed by atoms with Gasteiger partial charge in [-0.05, 0) is 49.2 Å². The third-order valence-corrected chi connectivity index (χ3v) is 5.54. The molecule has 2 aromatic carbocycles. The number of nitrogens with one attached hydrogen (secondary N) is 1. The van der Waals surface area contributed by atoms with Crippen LogP contribution in [0.25, 0.3) is 6.08 Å². The Bertz CT molecular complexity index is 1180. The molecule has 9 heteroatoms. The molecule has 3 rings (SSSR count). The van der Waals surface area contributed by atoms with Gasteiger partial charge in [-0.15, -0.1) is 10.2 Å². The van der Waals surface area contributed by atoms with E-state index in [1.165, 1.54) is 30.1 Å². The summed E-state index contributed by atoms with van der Waals surface area (Å²) in [6.45, 7) is 4.76. The first-order chi connectivity index (χ1) is 16.5. The summed E-state index contributed by atoms with van der Waals surface area (Å²) in [6, 6.07) is 14.9. The molecule has 1 heterocycles. The molecule has 0 aliphatic carbocycles. The molecule has 34 heavy (non-hydrogen) atoms. The van der Waals surface area contributed by atoms with Crippen LogP contribution in [-0.2, 0) is 11.2 Å². The summed E-state index contributed by atoms with van der Waals surface area (Å²) >= 11 is 1.30. The van der Waals surface area contributed by atoms with E-state index in [4.69, 9.17) is 14.2 Å². The highest BCUT2D eigenvalue weighted by atomic mass is 32.1. The minimum atomic E-state index is -0.547. The number of ether oxygens (including phenoxy) is 3. The zero-order valence-corrected chi connectivity index (χ0v) is 20.1. The number of methoxy groups -OCH3 is 1. The summed E-state index contributed by atoms with van der Waals surface area (Å²) in [7, 11) is 1.53. The molecule has 0 unspecified atom stereocenters. The van der Waals surface area contributed by atoms with E-state index in [1.54, 1.807) is 18.2 Å². The third kappa shape index (κ3) is 7.05. The van der Waals surface area contributed by atoms with Crippen molar-refractivity contribution >= 4 is 28.5 Å². The van der Waals surface area contributed by atoms with Crippen LogP contribution in [0.5, 0.6) is 17.2 Å². The molecule has 0 spiro atoms. The van der Waals surface area contributed by atoms with E-state index < -0.39 is 5.91 Å². The fraction of sp³-hybridized carbons (Fsp3) is 0.280. The number of aromatic nitrogens is 2. The van der Waals surface area contributed by atoms with Gasteiger partial charge in [0.15, 0.2) is 11.5 Å². The van der Waals surface area contributed by atoms with Gasteiger partial charge in [0.2, 0.25) is 5.13 Å². The molecule has 8 nitrogen and oxygen atoms in total. The van der Waals surface area contributed by atoms with Gasteiger partial charge < -0.3 is 14.2 Å². The average Bonchev–Trinajstić information content (AvgIpc) is 3.28. The highest BCUT2D eigenvalue weighted by molar-refractivity contribution is 7.15. The molecule has 0 atom stereocenters. The Morgan fingerprint density at radius 1 is 1.12 bits per heavy atom. The number of carbonyl (C=O) groups excluding carboxylic acids is 1. The lowest BCUT2D eigenvalue weighted by Gasteiger charge is -2.12. The van der Waals surface area contributed by atoms with Crippen LogP contribution in [0.1, 0.15) is 29.5 Å². The van der Waals surface area contributed by atoms with E-state index in [-0.39, 0.29) is 5.57 Å². The van der Waals surface area contributed by atoms with E-state index in [1.807, 2.05) is 44.2 Å². The molecule has 0 saturated heterocycles. The number of anilines is 1. The fourth-order valence-corrected chi connectivity index (χ4v) is 3.77. The predicted octanol–water partition coefficient (Wildman–Crippen LogP) is 4.81. The Morgan fingerprint density at radius 2 is 1.88 bits per heavy atom. The summed E-state index contributed by atoms with van der Waals surface area (Å²) in [5.41, 5.74) is 1.73. The van der Waals surface area contributed by atoms with Crippen molar-refractivity contribution in [1.29, 1.82) is 5.26 Å². The molecule has 0 saturated carbocycles. The van der Waals surface area contributed by atoms with Crippen molar-refractivity contribution < 1.29 is 19.0 Å². The Kier molecular flexibility index (Phi) is 9.00. The molecule has 0 bridgehead atoms. The van der Waals surface area contributed by atoms with E-state index in [2.05, 4.69) is 15.5 Å². The van der Waals surface area contributed by atoms with E-state index in [0.717, 1.165) is 23.6 Å². The molecule has 176 valence electrons. The first-order valence-corrected chi connectivity index (χ1v) is 11.6. The van der Waals surface area contributed by atoms with Crippen molar-refractivity contribution in [3.8, 4) is 23.3 Å². The van der Waals surface area contributed by atoms with E-state index in [0.29, 0.717) is 35.4 Å². The molecule has 0 fully saturated rings. The van der Waals surface area contributed by atoms with Crippen molar-refractivity contribution in [2.45, 2.75) is 26.7 Å². The SMILES string of the molecule is CCCc1nnc(NC(=O)/C(C#N)=C\c2ccc(OCCOc3ccc(C)cc3)c(OC)c2)s1. The van der Waals surface area contributed by atoms with Crippen LogP contribution in [0, 0.1) is 18.3 Å². The molecule has 1 aromatic heterocycles. The predicted molar refractivity (Wildman–Crippen MR) is 131 cm³/mol. The van der Waals surface area contributed by atoms with Crippen LogP contribution in [-0.4, -0.2) is 36.4 Å². The molecular weight excluding hydrogens is 452 g/mol. The fourth-order valence-electron chi connectivity index (χ4n) is 2.94. The Balaban J connectivity index is 1.61. The van der Waals surface area contributed by atoms with Gasteiger partial charge in [0.1, 0.15) is 35.6 Å². The maximum absolute atomic E-state index is 12.5. The summed E-state index contributed by atoms with van der Waals surface area (Å²) in [4.78, 5) is 12.5.